The lowest BCUT2D eigenvalue weighted by atomic mass is 10.2. The van der Waals surface area contributed by atoms with E-state index in [4.69, 9.17) is 19.4 Å². The summed E-state index contributed by atoms with van der Waals surface area (Å²) in [5.41, 5.74) is 1.56. The second-order valence-corrected chi connectivity index (χ2v) is 7.48. The summed E-state index contributed by atoms with van der Waals surface area (Å²) in [6.07, 6.45) is 6.85. The Labute approximate surface area is 191 Å². The Hall–Kier alpha value is -4.05. The fourth-order valence-electron chi connectivity index (χ4n) is 3.80. The summed E-state index contributed by atoms with van der Waals surface area (Å²) >= 11 is 0. The number of piperazine rings is 1. The van der Waals surface area contributed by atoms with Gasteiger partial charge in [0.25, 0.3) is 0 Å². The fraction of sp³-hybridized carbons (Fsp3) is 0.261. The van der Waals surface area contributed by atoms with Crippen molar-refractivity contribution in [3.63, 3.8) is 0 Å². The van der Waals surface area contributed by atoms with Gasteiger partial charge in [0.15, 0.2) is 5.82 Å². The molecule has 0 radical (unpaired) electrons. The Morgan fingerprint density at radius 3 is 2.52 bits per heavy atom. The van der Waals surface area contributed by atoms with Crippen LogP contribution in [0, 0.1) is 0 Å². The maximum Gasteiger partial charge on any atom is 0.162 e. The Kier molecular flexibility index (Phi) is 5.81. The molecule has 0 spiro atoms. The largest absolute Gasteiger partial charge is 0.497 e. The summed E-state index contributed by atoms with van der Waals surface area (Å²) < 4.78 is 10.9. The van der Waals surface area contributed by atoms with E-state index in [9.17, 15) is 0 Å². The highest BCUT2D eigenvalue weighted by Gasteiger charge is 2.20. The summed E-state index contributed by atoms with van der Waals surface area (Å²) in [6.45, 7) is 3.49. The third-order valence-electron chi connectivity index (χ3n) is 5.43. The molecule has 1 saturated heterocycles. The second kappa shape index (κ2) is 9.21. The number of nitrogens with one attached hydrogen (secondary N) is 2. The van der Waals surface area contributed by atoms with Crippen molar-refractivity contribution in [2.24, 2.45) is 0 Å². The minimum absolute atomic E-state index is 0.593. The third-order valence-corrected chi connectivity index (χ3v) is 5.43. The van der Waals surface area contributed by atoms with E-state index in [0.29, 0.717) is 29.0 Å². The number of fused-ring (bicyclic) bond motifs is 1. The average Bonchev–Trinajstić information content (AvgIpc) is 2.88. The SMILES string of the molecule is COc1ccnc(Nc2cc(-c3nc(N4CCNCC4)c4c(OC)cncc4n3)ccn2)c1. The summed E-state index contributed by atoms with van der Waals surface area (Å²) in [7, 11) is 3.26. The molecule has 4 aromatic rings. The van der Waals surface area contributed by atoms with Crippen molar-refractivity contribution >= 4 is 28.4 Å². The molecule has 0 atom stereocenters. The predicted octanol–water partition coefficient (Wildman–Crippen LogP) is 2.65. The van der Waals surface area contributed by atoms with Gasteiger partial charge in [-0.15, -0.1) is 0 Å². The second-order valence-electron chi connectivity index (χ2n) is 7.48. The standard InChI is InChI=1S/C23H24N8O2/c1-32-16-4-6-27-20(12-16)29-19-11-15(3-5-26-19)22-28-17-13-25-14-18(33-2)21(17)23(30-22)31-9-7-24-8-10-31/h3-6,11-14,24H,7-10H2,1-2H3,(H,26,27,29). The highest BCUT2D eigenvalue weighted by Crippen LogP contribution is 2.34. The van der Waals surface area contributed by atoms with Gasteiger partial charge in [0, 0.05) is 50.2 Å². The molecule has 168 valence electrons. The van der Waals surface area contributed by atoms with E-state index >= 15 is 0 Å². The van der Waals surface area contributed by atoms with Crippen LogP contribution in [0.15, 0.2) is 49.1 Å². The molecule has 5 heterocycles. The molecule has 0 aromatic carbocycles. The summed E-state index contributed by atoms with van der Waals surface area (Å²) in [4.78, 5) is 25.1. The minimum atomic E-state index is 0.593. The van der Waals surface area contributed by atoms with Gasteiger partial charge >= 0.3 is 0 Å². The van der Waals surface area contributed by atoms with Gasteiger partial charge in [0.1, 0.15) is 29.0 Å². The quantitative estimate of drug-likeness (QED) is 0.460. The molecule has 2 N–H and O–H groups in total. The van der Waals surface area contributed by atoms with Gasteiger partial charge in [0.2, 0.25) is 0 Å². The summed E-state index contributed by atoms with van der Waals surface area (Å²) in [5.74, 6) is 4.07. The van der Waals surface area contributed by atoms with Crippen LogP contribution in [-0.2, 0) is 0 Å². The number of anilines is 3. The molecule has 0 amide bonds. The zero-order valence-corrected chi connectivity index (χ0v) is 18.4. The van der Waals surface area contributed by atoms with Crippen LogP contribution in [0.5, 0.6) is 11.5 Å². The molecule has 1 aliphatic heterocycles. The van der Waals surface area contributed by atoms with Crippen LogP contribution in [0.4, 0.5) is 17.5 Å². The number of ether oxygens (including phenoxy) is 2. The molecule has 5 rings (SSSR count). The molecule has 0 aliphatic carbocycles. The highest BCUT2D eigenvalue weighted by molar-refractivity contribution is 5.95. The van der Waals surface area contributed by atoms with Gasteiger partial charge in [-0.25, -0.2) is 19.9 Å². The Bertz CT molecular complexity index is 1280. The Morgan fingerprint density at radius 1 is 0.939 bits per heavy atom. The first kappa shape index (κ1) is 20.8. The van der Waals surface area contributed by atoms with Crippen molar-refractivity contribution in [2.75, 3.05) is 50.6 Å². The van der Waals surface area contributed by atoms with Crippen molar-refractivity contribution in [2.45, 2.75) is 0 Å². The zero-order valence-electron chi connectivity index (χ0n) is 18.4. The topological polar surface area (TPSA) is 110 Å². The molecule has 0 saturated carbocycles. The molecular formula is C23H24N8O2. The molecule has 1 aliphatic rings. The van der Waals surface area contributed by atoms with Crippen LogP contribution in [-0.4, -0.2) is 65.3 Å². The van der Waals surface area contributed by atoms with Gasteiger partial charge in [-0.05, 0) is 18.2 Å². The van der Waals surface area contributed by atoms with E-state index in [1.165, 1.54) is 0 Å². The number of hydrogen-bond donors (Lipinski definition) is 2. The van der Waals surface area contributed by atoms with Gasteiger partial charge < -0.3 is 25.0 Å². The maximum absolute atomic E-state index is 5.59. The number of nitrogens with zero attached hydrogens (tertiary/aromatic N) is 6. The predicted molar refractivity (Wildman–Crippen MR) is 126 cm³/mol. The minimum Gasteiger partial charge on any atom is -0.497 e. The van der Waals surface area contributed by atoms with E-state index in [-0.39, 0.29) is 0 Å². The number of methoxy groups -OCH3 is 2. The molecule has 33 heavy (non-hydrogen) atoms. The van der Waals surface area contributed by atoms with Crippen LogP contribution < -0.4 is 25.0 Å². The molecule has 4 aromatic heterocycles. The molecule has 1 fully saturated rings. The highest BCUT2D eigenvalue weighted by atomic mass is 16.5. The van der Waals surface area contributed by atoms with Crippen LogP contribution in [0.2, 0.25) is 0 Å². The van der Waals surface area contributed by atoms with Crippen LogP contribution in [0.25, 0.3) is 22.3 Å². The van der Waals surface area contributed by atoms with Crippen molar-refractivity contribution in [3.8, 4) is 22.9 Å². The Morgan fingerprint density at radius 2 is 1.73 bits per heavy atom. The summed E-state index contributed by atoms with van der Waals surface area (Å²) in [5, 5.41) is 7.47. The molecule has 10 heteroatoms. The van der Waals surface area contributed by atoms with E-state index < -0.39 is 0 Å². The Balaban J connectivity index is 1.56. The van der Waals surface area contributed by atoms with Gasteiger partial charge in [-0.3, -0.25) is 4.98 Å². The number of hydrogen-bond acceptors (Lipinski definition) is 10. The van der Waals surface area contributed by atoms with E-state index in [2.05, 4.69) is 30.5 Å². The first-order valence-electron chi connectivity index (χ1n) is 10.6. The summed E-state index contributed by atoms with van der Waals surface area (Å²) in [6, 6.07) is 7.39. The van der Waals surface area contributed by atoms with E-state index in [1.807, 2.05) is 12.1 Å². The van der Waals surface area contributed by atoms with E-state index in [0.717, 1.165) is 48.5 Å². The average molecular weight is 444 g/mol. The molecule has 10 nitrogen and oxygen atoms in total. The van der Waals surface area contributed by atoms with Crippen LogP contribution in [0.3, 0.4) is 0 Å². The van der Waals surface area contributed by atoms with E-state index in [1.54, 1.807) is 51.1 Å². The number of aromatic nitrogens is 5. The first-order chi connectivity index (χ1) is 16.2. The van der Waals surface area contributed by atoms with Crippen LogP contribution in [0.1, 0.15) is 0 Å². The lowest BCUT2D eigenvalue weighted by Gasteiger charge is -2.29. The molecule has 0 bridgehead atoms. The zero-order chi connectivity index (χ0) is 22.6. The number of pyridine rings is 3. The smallest absolute Gasteiger partial charge is 0.162 e. The number of rotatable bonds is 6. The van der Waals surface area contributed by atoms with Gasteiger partial charge in [0.05, 0.1) is 37.5 Å². The van der Waals surface area contributed by atoms with Crippen molar-refractivity contribution < 1.29 is 9.47 Å². The molecular weight excluding hydrogens is 420 g/mol. The fourth-order valence-corrected chi connectivity index (χ4v) is 3.80. The maximum atomic E-state index is 5.59. The van der Waals surface area contributed by atoms with Crippen molar-refractivity contribution in [1.29, 1.82) is 0 Å². The third kappa shape index (κ3) is 4.33. The van der Waals surface area contributed by atoms with Gasteiger partial charge in [-0.1, -0.05) is 0 Å². The lowest BCUT2D eigenvalue weighted by molar-refractivity contribution is 0.414. The van der Waals surface area contributed by atoms with Crippen molar-refractivity contribution in [3.05, 3.63) is 49.1 Å². The normalized spacial score (nSPS) is 13.7. The van der Waals surface area contributed by atoms with Gasteiger partial charge in [-0.2, -0.15) is 0 Å². The first-order valence-corrected chi connectivity index (χ1v) is 10.6. The lowest BCUT2D eigenvalue weighted by Crippen LogP contribution is -2.44. The monoisotopic (exact) mass is 444 g/mol. The van der Waals surface area contributed by atoms with Crippen LogP contribution >= 0.6 is 0 Å². The molecule has 0 unspecified atom stereocenters. The van der Waals surface area contributed by atoms with Crippen molar-refractivity contribution in [1.82, 2.24) is 30.2 Å².